The van der Waals surface area contributed by atoms with Gasteiger partial charge in [0.15, 0.2) is 0 Å². The van der Waals surface area contributed by atoms with Crippen LogP contribution in [0.3, 0.4) is 0 Å². The normalized spacial score (nSPS) is 12.5. The number of hydrogen-bond donors (Lipinski definition) is 1. The van der Waals surface area contributed by atoms with E-state index in [-0.39, 0.29) is 0 Å². The van der Waals surface area contributed by atoms with Crippen molar-refractivity contribution in [1.82, 2.24) is 4.57 Å². The molecule has 1 aromatic heterocycles. The zero-order chi connectivity index (χ0) is 24.6. The minimum Gasteiger partial charge on any atom is -0.465 e. The first-order chi connectivity index (χ1) is 14.5. The number of halogens is 6. The lowest BCUT2D eigenvalue weighted by molar-refractivity contribution is -0.142. The molecule has 0 amide bonds. The van der Waals surface area contributed by atoms with Crippen LogP contribution >= 0.6 is 0 Å². The van der Waals surface area contributed by atoms with Crippen LogP contribution in [0.4, 0.5) is 32.2 Å². The molecule has 32 heavy (non-hydrogen) atoms. The number of ether oxygens (including phenoxy) is 2. The summed E-state index contributed by atoms with van der Waals surface area (Å²) in [6.45, 7) is 4.63. The molecule has 0 spiro atoms. The number of esters is 2. The lowest BCUT2D eigenvalue weighted by Gasteiger charge is -2.25. The number of nitrogens with zero attached hydrogens (tertiary/aromatic N) is 1. The van der Waals surface area contributed by atoms with Gasteiger partial charge in [-0.15, -0.1) is 0 Å². The van der Waals surface area contributed by atoms with Gasteiger partial charge in [0.25, 0.3) is 0 Å². The lowest BCUT2D eigenvalue weighted by atomic mass is 10.1. The predicted molar refractivity (Wildman–Crippen MR) is 102 cm³/mol. The maximum Gasteiger partial charge on any atom is 0.432 e. The lowest BCUT2D eigenvalue weighted by Crippen LogP contribution is -2.29. The first kappa shape index (κ1) is 25.1. The van der Waals surface area contributed by atoms with Crippen LogP contribution in [-0.4, -0.2) is 36.3 Å². The average molecular weight is 466 g/mol. The van der Waals surface area contributed by atoms with E-state index in [0.29, 0.717) is 16.7 Å². The van der Waals surface area contributed by atoms with E-state index in [1.807, 2.05) is 0 Å². The fourth-order valence-corrected chi connectivity index (χ4v) is 3.00. The van der Waals surface area contributed by atoms with Crippen LogP contribution in [0.5, 0.6) is 0 Å². The van der Waals surface area contributed by atoms with Crippen molar-refractivity contribution >= 4 is 17.8 Å². The summed E-state index contributed by atoms with van der Waals surface area (Å²) in [4.78, 5) is 24.8. The molecule has 176 valence electrons. The highest BCUT2D eigenvalue weighted by atomic mass is 19.4. The molecule has 2 aromatic rings. The van der Waals surface area contributed by atoms with Gasteiger partial charge >= 0.3 is 24.3 Å². The Kier molecular flexibility index (Phi) is 6.58. The second-order valence-corrected chi connectivity index (χ2v) is 7.69. The summed E-state index contributed by atoms with van der Waals surface area (Å²) in [5.74, 6) is -3.40. The van der Waals surface area contributed by atoms with Crippen LogP contribution in [0, 0.1) is 0 Å². The molecule has 0 aliphatic heterocycles. The average Bonchev–Trinajstić information content (AvgIpc) is 2.99. The number of nitrogens with one attached hydrogen (secondary N) is 1. The zero-order valence-corrected chi connectivity index (χ0v) is 17.7. The standard InChI is InChI=1S/C20H20F6N2O4/c1-18(2,3)27-15-13(17(30)32-5)12(16(29)31-4)14(20(24,25)26)28(15)11-8-6-7-10(9-11)19(21,22)23/h6-9,27H,1-5H3. The summed E-state index contributed by atoms with van der Waals surface area (Å²) in [7, 11) is 1.70. The summed E-state index contributed by atoms with van der Waals surface area (Å²) >= 11 is 0. The minimum atomic E-state index is -5.27. The van der Waals surface area contributed by atoms with Gasteiger partial charge in [-0.1, -0.05) is 6.07 Å². The van der Waals surface area contributed by atoms with E-state index in [4.69, 9.17) is 0 Å². The molecule has 12 heteroatoms. The molecule has 2 rings (SSSR count). The molecule has 0 aliphatic carbocycles. The molecule has 1 heterocycles. The third-order valence-electron chi connectivity index (χ3n) is 4.14. The smallest absolute Gasteiger partial charge is 0.432 e. The number of aromatic nitrogens is 1. The van der Waals surface area contributed by atoms with Crippen LogP contribution < -0.4 is 5.32 Å². The van der Waals surface area contributed by atoms with Gasteiger partial charge in [0, 0.05) is 11.2 Å². The Morgan fingerprint density at radius 3 is 1.84 bits per heavy atom. The Morgan fingerprint density at radius 1 is 0.875 bits per heavy atom. The van der Waals surface area contributed by atoms with Crippen molar-refractivity contribution in [2.45, 2.75) is 38.7 Å². The van der Waals surface area contributed by atoms with Gasteiger partial charge < -0.3 is 14.8 Å². The van der Waals surface area contributed by atoms with Gasteiger partial charge in [-0.2, -0.15) is 26.3 Å². The molecule has 0 saturated carbocycles. The van der Waals surface area contributed by atoms with Crippen molar-refractivity contribution in [3.63, 3.8) is 0 Å². The summed E-state index contributed by atoms with van der Waals surface area (Å²) in [6.07, 6.45) is -10.1. The first-order valence-corrected chi connectivity index (χ1v) is 9.01. The largest absolute Gasteiger partial charge is 0.465 e. The molecular formula is C20H20F6N2O4. The van der Waals surface area contributed by atoms with Crippen LogP contribution in [-0.2, 0) is 21.8 Å². The van der Waals surface area contributed by atoms with Gasteiger partial charge in [-0.25, -0.2) is 9.59 Å². The molecule has 0 bridgehead atoms. The Balaban J connectivity index is 3.13. The van der Waals surface area contributed by atoms with Gasteiger partial charge in [-0.05, 0) is 39.0 Å². The quantitative estimate of drug-likeness (QED) is 0.489. The number of anilines is 1. The van der Waals surface area contributed by atoms with Gasteiger partial charge in [0.05, 0.1) is 19.8 Å². The number of alkyl halides is 6. The number of rotatable bonds is 4. The number of benzene rings is 1. The highest BCUT2D eigenvalue weighted by Crippen LogP contribution is 2.43. The fraction of sp³-hybridized carbons (Fsp3) is 0.400. The highest BCUT2D eigenvalue weighted by Gasteiger charge is 2.46. The van der Waals surface area contributed by atoms with Crippen molar-refractivity contribution in [2.24, 2.45) is 0 Å². The monoisotopic (exact) mass is 466 g/mol. The van der Waals surface area contributed by atoms with E-state index in [9.17, 15) is 35.9 Å². The van der Waals surface area contributed by atoms with E-state index < -0.39 is 63.7 Å². The molecule has 1 N–H and O–H groups in total. The van der Waals surface area contributed by atoms with E-state index in [1.54, 1.807) is 20.8 Å². The van der Waals surface area contributed by atoms with E-state index >= 15 is 0 Å². The van der Waals surface area contributed by atoms with E-state index in [1.165, 1.54) is 0 Å². The second kappa shape index (κ2) is 8.40. The third-order valence-corrected chi connectivity index (χ3v) is 4.14. The van der Waals surface area contributed by atoms with Crippen LogP contribution in [0.2, 0.25) is 0 Å². The Labute approximate surface area is 179 Å². The summed E-state index contributed by atoms with van der Waals surface area (Å²) in [5.41, 5.74) is -6.47. The van der Waals surface area contributed by atoms with Gasteiger partial charge in [-0.3, -0.25) is 4.57 Å². The van der Waals surface area contributed by atoms with Crippen LogP contribution in [0.1, 0.15) is 52.7 Å². The molecule has 0 atom stereocenters. The number of hydrogen-bond acceptors (Lipinski definition) is 5. The maximum atomic E-state index is 14.2. The van der Waals surface area contributed by atoms with Crippen molar-refractivity contribution in [3.8, 4) is 5.69 Å². The second-order valence-electron chi connectivity index (χ2n) is 7.69. The number of carbonyl (C=O) groups is 2. The summed E-state index contributed by atoms with van der Waals surface area (Å²) in [6, 6.07) is 3.06. The van der Waals surface area contributed by atoms with E-state index in [0.717, 1.165) is 26.4 Å². The molecule has 0 radical (unpaired) electrons. The third kappa shape index (κ3) is 5.00. The minimum absolute atomic E-state index is 0.346. The number of methoxy groups -OCH3 is 2. The highest BCUT2D eigenvalue weighted by molar-refractivity contribution is 6.08. The Bertz CT molecular complexity index is 1030. The van der Waals surface area contributed by atoms with Gasteiger partial charge in [0.2, 0.25) is 0 Å². The first-order valence-electron chi connectivity index (χ1n) is 9.01. The summed E-state index contributed by atoms with van der Waals surface area (Å²) in [5, 5.41) is 2.68. The van der Waals surface area contributed by atoms with E-state index in [2.05, 4.69) is 14.8 Å². The Morgan fingerprint density at radius 2 is 1.41 bits per heavy atom. The van der Waals surface area contributed by atoms with Crippen LogP contribution in [0.25, 0.3) is 5.69 Å². The molecular weight excluding hydrogens is 446 g/mol. The fourth-order valence-electron chi connectivity index (χ4n) is 3.00. The predicted octanol–water partition coefficient (Wildman–Crippen LogP) is 5.30. The van der Waals surface area contributed by atoms with Crippen LogP contribution in [0.15, 0.2) is 24.3 Å². The SMILES string of the molecule is COC(=O)c1c(C(=O)OC)c(C(F)(F)F)n(-c2cccc(C(F)(F)F)c2)c1NC(C)(C)C. The molecule has 0 saturated heterocycles. The van der Waals surface area contributed by atoms with Crippen molar-refractivity contribution < 1.29 is 45.4 Å². The maximum absolute atomic E-state index is 14.2. The number of carbonyl (C=O) groups excluding carboxylic acids is 2. The molecule has 1 aromatic carbocycles. The molecule has 0 aliphatic rings. The zero-order valence-electron chi connectivity index (χ0n) is 17.7. The van der Waals surface area contributed by atoms with Crippen molar-refractivity contribution in [3.05, 3.63) is 46.6 Å². The summed E-state index contributed by atoms with van der Waals surface area (Å²) < 4.78 is 91.7. The topological polar surface area (TPSA) is 69.6 Å². The molecule has 0 unspecified atom stereocenters. The molecule has 0 fully saturated rings. The van der Waals surface area contributed by atoms with Gasteiger partial charge in [0.1, 0.15) is 22.6 Å². The Hall–Kier alpha value is -3.18. The molecule has 6 nitrogen and oxygen atoms in total. The van der Waals surface area contributed by atoms with Crippen molar-refractivity contribution in [2.75, 3.05) is 19.5 Å². The van der Waals surface area contributed by atoms with Crippen molar-refractivity contribution in [1.29, 1.82) is 0 Å².